The molecule has 5 rings (SSSR count). The molecule has 3 aromatic rings. The highest BCUT2D eigenvalue weighted by Gasteiger charge is 2.45. The molecule has 10 heteroatoms. The highest BCUT2D eigenvalue weighted by molar-refractivity contribution is 6.25. The van der Waals surface area contributed by atoms with Gasteiger partial charge in [0.1, 0.15) is 6.04 Å². The number of rotatable bonds is 10. The predicted octanol–water partition coefficient (Wildman–Crippen LogP) is 3.13. The number of unbranched alkanes of at least 4 members (excludes halogenated alkanes) is 2. The number of nitrogens with zero attached hydrogens (tertiary/aromatic N) is 3. The number of amides is 4. The molecular weight excluding hydrogens is 486 g/mol. The minimum atomic E-state index is -0.993. The lowest BCUT2D eigenvalue weighted by atomic mass is 10.0. The molecule has 194 valence electrons. The van der Waals surface area contributed by atoms with Gasteiger partial charge >= 0.3 is 0 Å². The number of piperidine rings is 1. The topological polar surface area (TPSA) is 130 Å². The van der Waals surface area contributed by atoms with E-state index in [1.807, 2.05) is 36.5 Å². The van der Waals surface area contributed by atoms with Gasteiger partial charge in [-0.05, 0) is 61.7 Å². The van der Waals surface area contributed by atoms with Gasteiger partial charge in [-0.3, -0.25) is 34.2 Å². The lowest BCUT2D eigenvalue weighted by Gasteiger charge is -2.27. The summed E-state index contributed by atoms with van der Waals surface area (Å²) < 4.78 is 1.74. The molecule has 1 atom stereocenters. The Kier molecular flexibility index (Phi) is 7.12. The second-order valence-corrected chi connectivity index (χ2v) is 9.33. The maximum atomic E-state index is 13.1. The first-order chi connectivity index (χ1) is 18.4. The summed E-state index contributed by atoms with van der Waals surface area (Å²) in [5.74, 6) is -2.02. The number of fused-ring (bicyclic) bond motifs is 1. The van der Waals surface area contributed by atoms with Gasteiger partial charge in [0.05, 0.1) is 16.8 Å². The van der Waals surface area contributed by atoms with Crippen LogP contribution < -0.4 is 10.6 Å². The number of hydrogen-bond acceptors (Lipinski definition) is 7. The minimum Gasteiger partial charge on any atom is -0.384 e. The van der Waals surface area contributed by atoms with Gasteiger partial charge in [-0.25, -0.2) is 4.68 Å². The standard InChI is InChI=1S/C28H27N5O5/c34-23(18-9-11-19(12-10-18)32-17-5-16-30-32)8-2-1-3-15-29-21-7-4-6-20-25(21)28(38)33(27(20)37)22-13-14-24(35)31-26(22)36/h4-7,9-12,16-17,22,29H,1-3,8,13-15H2,(H,31,35,36). The van der Waals surface area contributed by atoms with Crippen LogP contribution in [0.1, 0.15) is 69.6 Å². The fourth-order valence-corrected chi connectivity index (χ4v) is 4.84. The highest BCUT2D eigenvalue weighted by atomic mass is 16.2. The summed E-state index contributed by atoms with van der Waals surface area (Å²) in [6, 6.07) is 13.2. The third kappa shape index (κ3) is 4.97. The number of carbonyl (C=O) groups excluding carboxylic acids is 5. The van der Waals surface area contributed by atoms with Crippen molar-refractivity contribution in [1.29, 1.82) is 0 Å². The molecule has 10 nitrogen and oxygen atoms in total. The lowest BCUT2D eigenvalue weighted by molar-refractivity contribution is -0.136. The quantitative estimate of drug-likeness (QED) is 0.242. The van der Waals surface area contributed by atoms with E-state index in [4.69, 9.17) is 0 Å². The SMILES string of the molecule is O=C1CCC(N2C(=O)c3cccc(NCCCCCC(=O)c4ccc(-n5cccn5)cc4)c3C2=O)C(=O)N1. The van der Waals surface area contributed by atoms with Crippen molar-refractivity contribution in [2.24, 2.45) is 0 Å². The molecule has 0 radical (unpaired) electrons. The Hall–Kier alpha value is -4.60. The molecule has 4 amide bonds. The number of imide groups is 2. The van der Waals surface area contributed by atoms with Gasteiger partial charge in [-0.2, -0.15) is 5.10 Å². The minimum absolute atomic E-state index is 0.0774. The lowest BCUT2D eigenvalue weighted by Crippen LogP contribution is -2.54. The van der Waals surface area contributed by atoms with Crippen LogP contribution in [0.2, 0.25) is 0 Å². The van der Waals surface area contributed by atoms with Gasteiger partial charge in [0.15, 0.2) is 5.78 Å². The van der Waals surface area contributed by atoms with E-state index >= 15 is 0 Å². The normalized spacial score (nSPS) is 16.9. The van der Waals surface area contributed by atoms with Gasteiger partial charge in [0, 0.05) is 43.0 Å². The summed E-state index contributed by atoms with van der Waals surface area (Å²) in [6.45, 7) is 0.559. The average Bonchev–Trinajstić information content (AvgIpc) is 3.54. The van der Waals surface area contributed by atoms with Crippen LogP contribution in [-0.2, 0) is 9.59 Å². The van der Waals surface area contributed by atoms with Crippen molar-refractivity contribution < 1.29 is 24.0 Å². The first kappa shape index (κ1) is 25.1. The molecule has 1 aromatic heterocycles. The molecule has 0 saturated carbocycles. The Morgan fingerprint density at radius 3 is 2.53 bits per heavy atom. The van der Waals surface area contributed by atoms with Crippen LogP contribution in [0.4, 0.5) is 5.69 Å². The number of anilines is 1. The van der Waals surface area contributed by atoms with Gasteiger partial charge in [-0.15, -0.1) is 0 Å². The van der Waals surface area contributed by atoms with Crippen molar-refractivity contribution in [3.63, 3.8) is 0 Å². The summed E-state index contributed by atoms with van der Waals surface area (Å²) in [5, 5.41) is 9.61. The Labute approximate surface area is 219 Å². The highest BCUT2D eigenvalue weighted by Crippen LogP contribution is 2.32. The zero-order valence-corrected chi connectivity index (χ0v) is 20.7. The molecule has 38 heavy (non-hydrogen) atoms. The van der Waals surface area contributed by atoms with Crippen LogP contribution in [0.15, 0.2) is 60.9 Å². The molecule has 0 bridgehead atoms. The molecule has 3 heterocycles. The van der Waals surface area contributed by atoms with E-state index < -0.39 is 29.7 Å². The van der Waals surface area contributed by atoms with E-state index in [1.54, 1.807) is 29.1 Å². The van der Waals surface area contributed by atoms with Crippen molar-refractivity contribution in [2.75, 3.05) is 11.9 Å². The van der Waals surface area contributed by atoms with Gasteiger partial charge < -0.3 is 5.32 Å². The van der Waals surface area contributed by atoms with Gasteiger partial charge in [-0.1, -0.05) is 12.5 Å². The van der Waals surface area contributed by atoms with Crippen molar-refractivity contribution in [3.8, 4) is 5.69 Å². The van der Waals surface area contributed by atoms with E-state index in [-0.39, 0.29) is 29.8 Å². The summed E-state index contributed by atoms with van der Waals surface area (Å²) in [4.78, 5) is 63.3. The van der Waals surface area contributed by atoms with Crippen LogP contribution in [0.25, 0.3) is 5.69 Å². The second kappa shape index (κ2) is 10.8. The first-order valence-electron chi connectivity index (χ1n) is 12.7. The van der Waals surface area contributed by atoms with Crippen LogP contribution in [0.3, 0.4) is 0 Å². The van der Waals surface area contributed by atoms with E-state index in [9.17, 15) is 24.0 Å². The fraction of sp³-hybridized carbons (Fsp3) is 0.286. The van der Waals surface area contributed by atoms with Crippen LogP contribution in [-0.4, -0.2) is 56.7 Å². The molecule has 2 aliphatic rings. The molecule has 0 spiro atoms. The van der Waals surface area contributed by atoms with E-state index in [0.717, 1.165) is 29.8 Å². The van der Waals surface area contributed by atoms with Crippen LogP contribution in [0, 0.1) is 0 Å². The number of hydrogen-bond donors (Lipinski definition) is 2. The third-order valence-electron chi connectivity index (χ3n) is 6.82. The largest absolute Gasteiger partial charge is 0.384 e. The molecule has 1 unspecified atom stereocenters. The number of carbonyl (C=O) groups is 5. The number of nitrogens with one attached hydrogen (secondary N) is 2. The van der Waals surface area contributed by atoms with Crippen molar-refractivity contribution >= 4 is 35.1 Å². The van der Waals surface area contributed by atoms with Crippen molar-refractivity contribution in [2.45, 2.75) is 44.6 Å². The summed E-state index contributed by atoms with van der Waals surface area (Å²) in [5.41, 5.74) is 2.59. The maximum absolute atomic E-state index is 13.1. The monoisotopic (exact) mass is 513 g/mol. The van der Waals surface area contributed by atoms with E-state index in [0.29, 0.717) is 24.2 Å². The maximum Gasteiger partial charge on any atom is 0.264 e. The molecule has 2 aromatic carbocycles. The number of ketones is 1. The van der Waals surface area contributed by atoms with Gasteiger partial charge in [0.2, 0.25) is 11.8 Å². The zero-order chi connectivity index (χ0) is 26.6. The molecule has 1 fully saturated rings. The average molecular weight is 514 g/mol. The van der Waals surface area contributed by atoms with Crippen LogP contribution >= 0.6 is 0 Å². The fourth-order valence-electron chi connectivity index (χ4n) is 4.84. The van der Waals surface area contributed by atoms with E-state index in [1.165, 1.54) is 0 Å². The van der Waals surface area contributed by atoms with E-state index in [2.05, 4.69) is 15.7 Å². The second-order valence-electron chi connectivity index (χ2n) is 9.33. The third-order valence-corrected chi connectivity index (χ3v) is 6.82. The molecule has 0 aliphatic carbocycles. The summed E-state index contributed by atoms with van der Waals surface area (Å²) in [7, 11) is 0. The molecule has 2 aliphatic heterocycles. The Balaban J connectivity index is 1.11. The number of aromatic nitrogens is 2. The molecular formula is C28H27N5O5. The molecule has 2 N–H and O–H groups in total. The van der Waals surface area contributed by atoms with Gasteiger partial charge in [0.25, 0.3) is 11.8 Å². The Morgan fingerprint density at radius 1 is 0.974 bits per heavy atom. The Bertz CT molecular complexity index is 1400. The van der Waals surface area contributed by atoms with Crippen molar-refractivity contribution in [1.82, 2.24) is 20.0 Å². The zero-order valence-electron chi connectivity index (χ0n) is 20.7. The summed E-state index contributed by atoms with van der Waals surface area (Å²) in [6.07, 6.45) is 6.50. The molecule has 1 saturated heterocycles. The van der Waals surface area contributed by atoms with Crippen LogP contribution in [0.5, 0.6) is 0 Å². The first-order valence-corrected chi connectivity index (χ1v) is 12.7. The number of Topliss-reactive ketones (excluding diaryl/α,β-unsaturated/α-hetero) is 1. The van der Waals surface area contributed by atoms with Crippen molar-refractivity contribution in [3.05, 3.63) is 77.6 Å². The Morgan fingerprint density at radius 2 is 1.79 bits per heavy atom. The number of benzene rings is 2. The predicted molar refractivity (Wildman–Crippen MR) is 138 cm³/mol. The smallest absolute Gasteiger partial charge is 0.264 e. The summed E-state index contributed by atoms with van der Waals surface area (Å²) >= 11 is 0.